The molecule has 0 bridgehead atoms. The number of ether oxygens (including phenoxy) is 2. The number of aryl methyl sites for hydroxylation is 1. The van der Waals surface area contributed by atoms with Crippen molar-refractivity contribution in [2.45, 2.75) is 27.0 Å². The fourth-order valence-electron chi connectivity index (χ4n) is 3.02. The van der Waals surface area contributed by atoms with Crippen molar-refractivity contribution < 1.29 is 23.8 Å². The Morgan fingerprint density at radius 2 is 1.72 bits per heavy atom. The van der Waals surface area contributed by atoms with Gasteiger partial charge in [0.15, 0.2) is 11.5 Å². The summed E-state index contributed by atoms with van der Waals surface area (Å²) in [5, 5.41) is 13.2. The van der Waals surface area contributed by atoms with Crippen molar-refractivity contribution >= 4 is 34.9 Å². The number of carboxylic acid groups (broad SMARTS) is 1. The Balaban J connectivity index is 1.79. The van der Waals surface area contributed by atoms with Crippen LogP contribution in [0.1, 0.15) is 34.0 Å². The highest BCUT2D eigenvalue weighted by Gasteiger charge is 2.14. The Bertz CT molecular complexity index is 1140. The molecule has 3 aromatic rings. The van der Waals surface area contributed by atoms with E-state index >= 15 is 0 Å². The van der Waals surface area contributed by atoms with Gasteiger partial charge in [-0.15, -0.1) is 0 Å². The number of nitrogens with one attached hydrogen (secondary N) is 1. The molecule has 5 nitrogen and oxygen atoms in total. The van der Waals surface area contributed by atoms with Crippen molar-refractivity contribution in [3.05, 3.63) is 86.6 Å². The second-order valence-electron chi connectivity index (χ2n) is 7.04. The van der Waals surface area contributed by atoms with Crippen LogP contribution in [0.15, 0.2) is 48.5 Å². The number of carbonyl (C=O) groups is 1. The number of anilines is 1. The van der Waals surface area contributed by atoms with Gasteiger partial charge in [0.25, 0.3) is 0 Å². The maximum Gasteiger partial charge on any atom is 0.335 e. The molecule has 2 N–H and O–H groups in total. The van der Waals surface area contributed by atoms with Crippen molar-refractivity contribution in [2.24, 2.45) is 0 Å². The third-order valence-electron chi connectivity index (χ3n) is 4.76. The Labute approximate surface area is 195 Å². The molecule has 0 saturated carbocycles. The molecule has 0 heterocycles. The van der Waals surface area contributed by atoms with Crippen molar-refractivity contribution in [2.75, 3.05) is 11.9 Å². The SMILES string of the molecule is CCOc1cc(CNc2cc(C(=O)O)ccc2C)c(Cl)cc1OCc1ccc(F)cc1Cl. The summed E-state index contributed by atoms with van der Waals surface area (Å²) < 4.78 is 24.8. The molecule has 0 radical (unpaired) electrons. The van der Waals surface area contributed by atoms with Gasteiger partial charge in [-0.05, 0) is 55.3 Å². The zero-order valence-corrected chi connectivity index (χ0v) is 19.1. The van der Waals surface area contributed by atoms with Gasteiger partial charge < -0.3 is 19.9 Å². The van der Waals surface area contributed by atoms with Crippen molar-refractivity contribution in [3.8, 4) is 11.5 Å². The molecule has 0 aromatic heterocycles. The molecule has 0 saturated heterocycles. The number of rotatable bonds is 9. The third-order valence-corrected chi connectivity index (χ3v) is 5.47. The molecule has 0 amide bonds. The van der Waals surface area contributed by atoms with Crippen LogP contribution in [0.25, 0.3) is 0 Å². The Morgan fingerprint density at radius 1 is 1.00 bits per heavy atom. The first kappa shape index (κ1) is 23.7. The molecule has 32 heavy (non-hydrogen) atoms. The summed E-state index contributed by atoms with van der Waals surface area (Å²) in [5.74, 6) is -0.474. The molecule has 0 spiro atoms. The molecule has 3 aromatic carbocycles. The highest BCUT2D eigenvalue weighted by Crippen LogP contribution is 2.35. The van der Waals surface area contributed by atoms with Gasteiger partial charge in [0, 0.05) is 28.9 Å². The Morgan fingerprint density at radius 3 is 2.41 bits per heavy atom. The van der Waals surface area contributed by atoms with Gasteiger partial charge in [-0.1, -0.05) is 35.3 Å². The van der Waals surface area contributed by atoms with E-state index in [-0.39, 0.29) is 17.2 Å². The summed E-state index contributed by atoms with van der Waals surface area (Å²) in [7, 11) is 0. The van der Waals surface area contributed by atoms with E-state index in [1.165, 1.54) is 12.1 Å². The monoisotopic (exact) mass is 477 g/mol. The van der Waals surface area contributed by atoms with E-state index in [1.807, 2.05) is 13.8 Å². The molecule has 0 aliphatic rings. The molecule has 168 valence electrons. The fraction of sp³-hybridized carbons (Fsp3) is 0.208. The van der Waals surface area contributed by atoms with Crippen LogP contribution in [0.3, 0.4) is 0 Å². The summed E-state index contributed by atoms with van der Waals surface area (Å²) in [5.41, 5.74) is 3.19. The Hall–Kier alpha value is -2.96. The maximum absolute atomic E-state index is 13.3. The number of hydrogen-bond donors (Lipinski definition) is 2. The molecule has 0 aliphatic heterocycles. The van der Waals surface area contributed by atoms with Crippen LogP contribution in [-0.4, -0.2) is 17.7 Å². The first-order valence-corrected chi connectivity index (χ1v) is 10.6. The highest BCUT2D eigenvalue weighted by atomic mass is 35.5. The quantitative estimate of drug-likeness (QED) is 0.357. The number of hydrogen-bond acceptors (Lipinski definition) is 4. The van der Waals surface area contributed by atoms with Gasteiger partial charge in [-0.2, -0.15) is 0 Å². The first-order chi connectivity index (χ1) is 15.3. The molecule has 0 atom stereocenters. The average molecular weight is 478 g/mol. The number of aromatic carboxylic acids is 1. The van der Waals surface area contributed by atoms with Gasteiger partial charge in [0.1, 0.15) is 12.4 Å². The third kappa shape index (κ3) is 5.84. The van der Waals surface area contributed by atoms with E-state index in [2.05, 4.69) is 5.32 Å². The first-order valence-electron chi connectivity index (χ1n) is 9.88. The summed E-state index contributed by atoms with van der Waals surface area (Å²) >= 11 is 12.6. The smallest absolute Gasteiger partial charge is 0.335 e. The van der Waals surface area contributed by atoms with Crippen LogP contribution in [0.2, 0.25) is 10.0 Å². The van der Waals surface area contributed by atoms with Crippen molar-refractivity contribution in [1.29, 1.82) is 0 Å². The van der Waals surface area contributed by atoms with E-state index in [0.29, 0.717) is 40.9 Å². The molecular weight excluding hydrogens is 456 g/mol. The molecule has 0 aliphatic carbocycles. The predicted octanol–water partition coefficient (Wildman–Crippen LogP) is 6.73. The zero-order valence-electron chi connectivity index (χ0n) is 17.5. The predicted molar refractivity (Wildman–Crippen MR) is 124 cm³/mol. The van der Waals surface area contributed by atoms with Crippen LogP contribution in [-0.2, 0) is 13.2 Å². The van der Waals surface area contributed by atoms with Gasteiger partial charge >= 0.3 is 5.97 Å². The summed E-state index contributed by atoms with van der Waals surface area (Å²) in [4.78, 5) is 11.2. The normalized spacial score (nSPS) is 10.7. The van der Waals surface area contributed by atoms with Gasteiger partial charge in [0.2, 0.25) is 0 Å². The number of benzene rings is 3. The molecule has 8 heteroatoms. The summed E-state index contributed by atoms with van der Waals surface area (Å²) in [6.45, 7) is 4.63. The lowest BCUT2D eigenvalue weighted by Gasteiger charge is -2.17. The lowest BCUT2D eigenvalue weighted by Crippen LogP contribution is -2.06. The average Bonchev–Trinajstić information content (AvgIpc) is 2.74. The minimum atomic E-state index is -0.993. The van der Waals surface area contributed by atoms with Crippen LogP contribution in [0.5, 0.6) is 11.5 Å². The second kappa shape index (κ2) is 10.6. The van der Waals surface area contributed by atoms with Crippen LogP contribution < -0.4 is 14.8 Å². The lowest BCUT2D eigenvalue weighted by atomic mass is 10.1. The molecular formula is C24H22Cl2FNO4. The van der Waals surface area contributed by atoms with Crippen LogP contribution >= 0.6 is 23.2 Å². The van der Waals surface area contributed by atoms with Gasteiger partial charge in [-0.25, -0.2) is 9.18 Å². The van der Waals surface area contributed by atoms with E-state index in [1.54, 1.807) is 36.4 Å². The van der Waals surface area contributed by atoms with Gasteiger partial charge in [-0.3, -0.25) is 0 Å². The van der Waals surface area contributed by atoms with E-state index in [9.17, 15) is 14.3 Å². The standard InChI is InChI=1S/C24H22Cl2FNO4/c1-3-31-22-9-17(12-28-21-8-15(24(29)30)5-4-14(21)2)20(26)11-23(22)32-13-16-6-7-18(27)10-19(16)25/h4-11,28H,3,12-13H2,1-2H3,(H,29,30). The second-order valence-corrected chi connectivity index (χ2v) is 7.85. The van der Waals surface area contributed by atoms with Crippen molar-refractivity contribution in [3.63, 3.8) is 0 Å². The van der Waals surface area contributed by atoms with Crippen LogP contribution in [0, 0.1) is 12.7 Å². The largest absolute Gasteiger partial charge is 0.490 e. The van der Waals surface area contributed by atoms with E-state index in [4.69, 9.17) is 32.7 Å². The van der Waals surface area contributed by atoms with Gasteiger partial charge in [0.05, 0.1) is 17.2 Å². The molecule has 0 unspecified atom stereocenters. The highest BCUT2D eigenvalue weighted by molar-refractivity contribution is 6.31. The minimum Gasteiger partial charge on any atom is -0.490 e. The van der Waals surface area contributed by atoms with E-state index in [0.717, 1.165) is 11.1 Å². The molecule has 0 fully saturated rings. The topological polar surface area (TPSA) is 67.8 Å². The minimum absolute atomic E-state index is 0.119. The lowest BCUT2D eigenvalue weighted by molar-refractivity contribution is 0.0697. The number of halogens is 3. The van der Waals surface area contributed by atoms with E-state index < -0.39 is 11.8 Å². The van der Waals surface area contributed by atoms with Crippen molar-refractivity contribution in [1.82, 2.24) is 0 Å². The van der Waals surface area contributed by atoms with Crippen LogP contribution in [0.4, 0.5) is 10.1 Å². The summed E-state index contributed by atoms with van der Waals surface area (Å²) in [6, 6.07) is 12.4. The maximum atomic E-state index is 13.3. The Kier molecular flexibility index (Phi) is 7.83. The fourth-order valence-corrected chi connectivity index (χ4v) is 3.47. The molecule has 3 rings (SSSR count). The summed E-state index contributed by atoms with van der Waals surface area (Å²) in [6.07, 6.45) is 0. The number of carboxylic acids is 1. The zero-order chi connectivity index (χ0) is 23.3.